The molecular formula is C20H21N3O3. The van der Waals surface area contributed by atoms with Crippen molar-refractivity contribution in [1.29, 1.82) is 0 Å². The van der Waals surface area contributed by atoms with Gasteiger partial charge in [-0.25, -0.2) is 4.98 Å². The van der Waals surface area contributed by atoms with E-state index in [0.717, 1.165) is 47.5 Å². The number of amides is 1. The summed E-state index contributed by atoms with van der Waals surface area (Å²) in [5.41, 5.74) is 3.37. The van der Waals surface area contributed by atoms with E-state index in [4.69, 9.17) is 9.47 Å². The molecular weight excluding hydrogens is 330 g/mol. The summed E-state index contributed by atoms with van der Waals surface area (Å²) in [7, 11) is 3.29. The van der Waals surface area contributed by atoms with E-state index in [1.54, 1.807) is 20.5 Å². The fraction of sp³-hybridized carbons (Fsp3) is 0.300. The van der Waals surface area contributed by atoms with Crippen LogP contribution in [0.4, 0.5) is 0 Å². The highest BCUT2D eigenvalue weighted by Gasteiger charge is 2.32. The minimum atomic E-state index is -0.0231. The smallest absolute Gasteiger partial charge is 0.254 e. The van der Waals surface area contributed by atoms with Crippen LogP contribution >= 0.6 is 0 Å². The summed E-state index contributed by atoms with van der Waals surface area (Å²) in [6.07, 6.45) is 3.50. The summed E-state index contributed by atoms with van der Waals surface area (Å²) in [6, 6.07) is 11.3. The Bertz CT molecular complexity index is 950. The Balaban J connectivity index is 1.69. The van der Waals surface area contributed by atoms with Gasteiger partial charge in [0.05, 0.1) is 37.6 Å². The number of imidazole rings is 1. The number of carbonyl (C=O) groups is 1. The monoisotopic (exact) mass is 351 g/mol. The molecule has 1 aliphatic heterocycles. The van der Waals surface area contributed by atoms with E-state index < -0.39 is 0 Å². The van der Waals surface area contributed by atoms with Gasteiger partial charge in [0, 0.05) is 17.7 Å². The average Bonchev–Trinajstić information content (AvgIpc) is 3.35. The van der Waals surface area contributed by atoms with Crippen LogP contribution in [-0.4, -0.2) is 41.5 Å². The molecule has 1 saturated heterocycles. The van der Waals surface area contributed by atoms with Crippen LogP contribution in [-0.2, 0) is 0 Å². The number of aromatic amines is 1. The SMILES string of the molecule is COc1ccc(OC)c(C2CCCN2C(=O)c2ccc3nc[nH]c3c2)c1. The van der Waals surface area contributed by atoms with E-state index in [1.807, 2.05) is 41.3 Å². The van der Waals surface area contributed by atoms with Gasteiger partial charge < -0.3 is 19.4 Å². The van der Waals surface area contributed by atoms with E-state index in [2.05, 4.69) is 9.97 Å². The Morgan fingerprint density at radius 2 is 2.08 bits per heavy atom. The molecule has 1 fully saturated rings. The number of fused-ring (bicyclic) bond motifs is 1. The fourth-order valence-electron chi connectivity index (χ4n) is 3.67. The van der Waals surface area contributed by atoms with Crippen molar-refractivity contribution in [2.75, 3.05) is 20.8 Å². The second-order valence-corrected chi connectivity index (χ2v) is 6.40. The first-order chi connectivity index (χ1) is 12.7. The summed E-state index contributed by atoms with van der Waals surface area (Å²) in [6.45, 7) is 0.727. The van der Waals surface area contributed by atoms with Crippen molar-refractivity contribution in [1.82, 2.24) is 14.9 Å². The number of carbonyl (C=O) groups excluding carboxylic acids is 1. The number of ether oxygens (including phenoxy) is 2. The number of benzene rings is 2. The van der Waals surface area contributed by atoms with Crippen LogP contribution in [0.3, 0.4) is 0 Å². The summed E-state index contributed by atoms with van der Waals surface area (Å²) >= 11 is 0. The van der Waals surface area contributed by atoms with Crippen molar-refractivity contribution in [3.05, 3.63) is 53.9 Å². The zero-order valence-corrected chi connectivity index (χ0v) is 14.9. The molecule has 0 saturated carbocycles. The van der Waals surface area contributed by atoms with Crippen LogP contribution in [0.1, 0.15) is 34.8 Å². The Morgan fingerprint density at radius 1 is 1.19 bits per heavy atom. The Kier molecular flexibility index (Phi) is 4.24. The Hall–Kier alpha value is -3.02. The number of likely N-dealkylation sites (tertiary alicyclic amines) is 1. The predicted octanol–water partition coefficient (Wildman–Crippen LogP) is 3.56. The number of aromatic nitrogens is 2. The van der Waals surface area contributed by atoms with Crippen LogP contribution in [0, 0.1) is 0 Å². The molecule has 26 heavy (non-hydrogen) atoms. The zero-order valence-electron chi connectivity index (χ0n) is 14.9. The number of methoxy groups -OCH3 is 2. The van der Waals surface area contributed by atoms with Gasteiger partial charge in [0.2, 0.25) is 0 Å². The highest BCUT2D eigenvalue weighted by Crippen LogP contribution is 2.39. The molecule has 1 N–H and O–H groups in total. The molecule has 1 aromatic heterocycles. The van der Waals surface area contributed by atoms with E-state index in [1.165, 1.54) is 0 Å². The first-order valence-corrected chi connectivity index (χ1v) is 8.67. The Morgan fingerprint density at radius 3 is 2.88 bits per heavy atom. The van der Waals surface area contributed by atoms with Gasteiger partial charge in [0.25, 0.3) is 5.91 Å². The molecule has 1 unspecified atom stereocenters. The summed E-state index contributed by atoms with van der Waals surface area (Å²) < 4.78 is 10.9. The highest BCUT2D eigenvalue weighted by molar-refractivity contribution is 5.97. The third-order valence-electron chi connectivity index (χ3n) is 4.98. The summed E-state index contributed by atoms with van der Waals surface area (Å²) in [4.78, 5) is 22.4. The van der Waals surface area contributed by atoms with Crippen LogP contribution in [0.2, 0.25) is 0 Å². The third-order valence-corrected chi connectivity index (χ3v) is 4.98. The van der Waals surface area contributed by atoms with Crippen molar-refractivity contribution in [2.45, 2.75) is 18.9 Å². The molecule has 6 heteroatoms. The second-order valence-electron chi connectivity index (χ2n) is 6.40. The van der Waals surface area contributed by atoms with E-state index in [9.17, 15) is 4.79 Å². The minimum absolute atomic E-state index is 0.0221. The normalized spacial score (nSPS) is 16.8. The summed E-state index contributed by atoms with van der Waals surface area (Å²) in [5, 5.41) is 0. The first kappa shape index (κ1) is 16.4. The number of nitrogens with zero attached hydrogens (tertiary/aromatic N) is 2. The van der Waals surface area contributed by atoms with Crippen LogP contribution in [0.25, 0.3) is 11.0 Å². The molecule has 0 spiro atoms. The maximum Gasteiger partial charge on any atom is 0.254 e. The lowest BCUT2D eigenvalue weighted by Gasteiger charge is -2.27. The second kappa shape index (κ2) is 6.71. The molecule has 4 rings (SSSR count). The van der Waals surface area contributed by atoms with Crippen molar-refractivity contribution < 1.29 is 14.3 Å². The predicted molar refractivity (Wildman–Crippen MR) is 98.7 cm³/mol. The topological polar surface area (TPSA) is 67.5 Å². The third kappa shape index (κ3) is 2.77. The minimum Gasteiger partial charge on any atom is -0.497 e. The first-order valence-electron chi connectivity index (χ1n) is 8.67. The van der Waals surface area contributed by atoms with Crippen LogP contribution < -0.4 is 9.47 Å². The molecule has 1 atom stereocenters. The molecule has 2 heterocycles. The molecule has 0 radical (unpaired) electrons. The number of H-pyrrole nitrogens is 1. The standard InChI is InChI=1S/C20H21N3O3/c1-25-14-6-8-19(26-2)15(11-14)18-4-3-9-23(18)20(24)13-5-7-16-17(10-13)22-12-21-16/h5-8,10-12,18H,3-4,9H2,1-2H3,(H,21,22). The summed E-state index contributed by atoms with van der Waals surface area (Å²) in [5.74, 6) is 1.56. The number of hydrogen-bond donors (Lipinski definition) is 1. The molecule has 1 aliphatic rings. The van der Waals surface area contributed by atoms with Gasteiger partial charge in [-0.3, -0.25) is 4.79 Å². The average molecular weight is 351 g/mol. The lowest BCUT2D eigenvalue weighted by atomic mass is 10.0. The van der Waals surface area contributed by atoms with Gasteiger partial charge in [0.1, 0.15) is 11.5 Å². The van der Waals surface area contributed by atoms with E-state index in [0.29, 0.717) is 5.56 Å². The number of nitrogens with one attached hydrogen (secondary N) is 1. The molecule has 3 aromatic rings. The van der Waals surface area contributed by atoms with Gasteiger partial charge >= 0.3 is 0 Å². The van der Waals surface area contributed by atoms with Crippen molar-refractivity contribution in [2.24, 2.45) is 0 Å². The van der Waals surface area contributed by atoms with Crippen LogP contribution in [0.15, 0.2) is 42.7 Å². The maximum atomic E-state index is 13.2. The van der Waals surface area contributed by atoms with Gasteiger partial charge in [-0.15, -0.1) is 0 Å². The molecule has 2 aromatic carbocycles. The van der Waals surface area contributed by atoms with E-state index >= 15 is 0 Å². The maximum absolute atomic E-state index is 13.2. The van der Waals surface area contributed by atoms with Crippen LogP contribution in [0.5, 0.6) is 11.5 Å². The number of rotatable bonds is 4. The largest absolute Gasteiger partial charge is 0.497 e. The van der Waals surface area contributed by atoms with Gasteiger partial charge in [-0.2, -0.15) is 0 Å². The molecule has 0 aliphatic carbocycles. The lowest BCUT2D eigenvalue weighted by Crippen LogP contribution is -2.30. The molecule has 1 amide bonds. The molecule has 0 bridgehead atoms. The molecule has 6 nitrogen and oxygen atoms in total. The quantitative estimate of drug-likeness (QED) is 0.780. The number of hydrogen-bond acceptors (Lipinski definition) is 4. The van der Waals surface area contributed by atoms with Crippen molar-refractivity contribution in [3.63, 3.8) is 0 Å². The lowest BCUT2D eigenvalue weighted by molar-refractivity contribution is 0.0734. The molecule has 134 valence electrons. The highest BCUT2D eigenvalue weighted by atomic mass is 16.5. The van der Waals surface area contributed by atoms with Gasteiger partial charge in [0.15, 0.2) is 0 Å². The fourth-order valence-corrected chi connectivity index (χ4v) is 3.67. The van der Waals surface area contributed by atoms with Gasteiger partial charge in [-0.1, -0.05) is 0 Å². The van der Waals surface area contributed by atoms with Crippen molar-refractivity contribution in [3.8, 4) is 11.5 Å². The zero-order chi connectivity index (χ0) is 18.1. The Labute approximate surface area is 151 Å². The van der Waals surface area contributed by atoms with Gasteiger partial charge in [-0.05, 0) is 49.2 Å². The van der Waals surface area contributed by atoms with Crippen molar-refractivity contribution >= 4 is 16.9 Å². The van der Waals surface area contributed by atoms with E-state index in [-0.39, 0.29) is 11.9 Å².